The van der Waals surface area contributed by atoms with Crippen molar-refractivity contribution in [1.29, 1.82) is 0 Å². The summed E-state index contributed by atoms with van der Waals surface area (Å²) in [6.45, 7) is 0. The Morgan fingerprint density at radius 1 is 0.293 bits per heavy atom. The number of fused-ring (bicyclic) bond motifs is 5. The van der Waals surface area contributed by atoms with Crippen molar-refractivity contribution in [2.45, 2.75) is 0 Å². The van der Waals surface area contributed by atoms with Crippen LogP contribution in [0.5, 0.6) is 0 Å². The lowest BCUT2D eigenvalue weighted by molar-refractivity contribution is 1.18. The van der Waals surface area contributed by atoms with Crippen molar-refractivity contribution in [2.75, 3.05) is 4.90 Å². The number of para-hydroxylation sites is 4. The van der Waals surface area contributed by atoms with E-state index in [9.17, 15) is 0 Å². The van der Waals surface area contributed by atoms with E-state index in [0.29, 0.717) is 0 Å². The molecule has 0 saturated carbocycles. The third-order valence-corrected chi connectivity index (χ3v) is 11.6. The molecule has 272 valence electrons. The van der Waals surface area contributed by atoms with Gasteiger partial charge in [0.2, 0.25) is 0 Å². The molecule has 0 N–H and O–H groups in total. The van der Waals surface area contributed by atoms with Gasteiger partial charge in [-0.05, 0) is 86.8 Å². The minimum Gasteiger partial charge on any atom is -0.309 e. The van der Waals surface area contributed by atoms with E-state index >= 15 is 0 Å². The fourth-order valence-electron chi connectivity index (χ4n) is 8.91. The Morgan fingerprint density at radius 3 is 1.47 bits per heavy atom. The fourth-order valence-corrected chi connectivity index (χ4v) is 8.91. The van der Waals surface area contributed by atoms with Gasteiger partial charge in [0, 0.05) is 27.5 Å². The van der Waals surface area contributed by atoms with Gasteiger partial charge in [-0.2, -0.15) is 0 Å². The first-order chi connectivity index (χ1) is 28.8. The van der Waals surface area contributed by atoms with E-state index in [1.54, 1.807) is 0 Å². The van der Waals surface area contributed by atoms with Crippen LogP contribution in [-0.2, 0) is 0 Å². The Bertz CT molecular complexity index is 3300. The summed E-state index contributed by atoms with van der Waals surface area (Å²) >= 11 is 0. The lowest BCUT2D eigenvalue weighted by Gasteiger charge is -2.30. The average Bonchev–Trinajstić information content (AvgIpc) is 3.64. The zero-order valence-corrected chi connectivity index (χ0v) is 31.8. The Labute approximate surface area is 338 Å². The van der Waals surface area contributed by atoms with Gasteiger partial charge in [-0.1, -0.05) is 182 Å². The first kappa shape index (κ1) is 33.6. The quantitative estimate of drug-likeness (QED) is 0.158. The van der Waals surface area contributed by atoms with E-state index in [0.717, 1.165) is 33.8 Å². The summed E-state index contributed by atoms with van der Waals surface area (Å²) in [7, 11) is 0. The summed E-state index contributed by atoms with van der Waals surface area (Å²) in [4.78, 5) is 2.50. The van der Waals surface area contributed by atoms with Crippen LogP contribution in [0.15, 0.2) is 231 Å². The molecule has 0 spiro atoms. The topological polar surface area (TPSA) is 8.17 Å². The third-order valence-electron chi connectivity index (χ3n) is 11.6. The van der Waals surface area contributed by atoms with Crippen molar-refractivity contribution in [3.05, 3.63) is 231 Å². The van der Waals surface area contributed by atoms with Crippen LogP contribution in [0.4, 0.5) is 17.1 Å². The number of benzene rings is 10. The van der Waals surface area contributed by atoms with Gasteiger partial charge in [-0.25, -0.2) is 0 Å². The van der Waals surface area contributed by atoms with Crippen LogP contribution in [0, 0.1) is 0 Å². The van der Waals surface area contributed by atoms with Gasteiger partial charge < -0.3 is 9.47 Å². The Hall–Kier alpha value is -7.68. The highest BCUT2D eigenvalue weighted by Gasteiger charge is 2.25. The molecule has 1 aromatic heterocycles. The second kappa shape index (κ2) is 14.1. The zero-order valence-electron chi connectivity index (χ0n) is 31.8. The molecule has 0 aliphatic carbocycles. The van der Waals surface area contributed by atoms with Crippen LogP contribution in [0.2, 0.25) is 0 Å². The smallest absolute Gasteiger partial charge is 0.0562 e. The van der Waals surface area contributed by atoms with E-state index in [1.807, 2.05) is 0 Å². The van der Waals surface area contributed by atoms with Crippen molar-refractivity contribution >= 4 is 60.4 Å². The van der Waals surface area contributed by atoms with E-state index in [4.69, 9.17) is 0 Å². The minimum atomic E-state index is 1.11. The maximum absolute atomic E-state index is 2.50. The number of hydrogen-bond acceptors (Lipinski definition) is 1. The van der Waals surface area contributed by atoms with Crippen LogP contribution >= 0.6 is 0 Å². The van der Waals surface area contributed by atoms with Crippen molar-refractivity contribution in [2.24, 2.45) is 0 Å². The Morgan fingerprint density at radius 2 is 0.776 bits per heavy atom. The van der Waals surface area contributed by atoms with Gasteiger partial charge in [0.15, 0.2) is 0 Å². The highest BCUT2D eigenvalue weighted by Crippen LogP contribution is 2.49. The number of hydrogen-bond donors (Lipinski definition) is 0. The fraction of sp³-hybridized carbons (Fsp3) is 0. The molecule has 0 fully saturated rings. The molecule has 0 bridgehead atoms. The predicted octanol–water partition coefficient (Wildman–Crippen LogP) is 15.6. The lowest BCUT2D eigenvalue weighted by atomic mass is 9.96. The van der Waals surface area contributed by atoms with Gasteiger partial charge in [0.25, 0.3) is 0 Å². The molecule has 2 nitrogen and oxygen atoms in total. The zero-order chi connectivity index (χ0) is 38.4. The molecule has 0 amide bonds. The SMILES string of the molecule is c1ccc(-c2ccccc2N(c2ccccc2-c2ccc3ccccc3c2)c2cccc3c2c2ccccc2n3-c2ccccc2-c2ccc3ccccc3c2)cc1. The molecule has 58 heavy (non-hydrogen) atoms. The van der Waals surface area contributed by atoms with Gasteiger partial charge in [-0.3, -0.25) is 0 Å². The molecule has 2 heteroatoms. The Balaban J connectivity index is 1.20. The highest BCUT2D eigenvalue weighted by molar-refractivity contribution is 6.17. The molecule has 0 radical (unpaired) electrons. The second-order valence-electron chi connectivity index (χ2n) is 14.9. The van der Waals surface area contributed by atoms with E-state index in [1.165, 1.54) is 65.7 Å². The highest BCUT2D eigenvalue weighted by atomic mass is 15.2. The summed E-state index contributed by atoms with van der Waals surface area (Å²) in [6, 6.07) is 83.8. The maximum Gasteiger partial charge on any atom is 0.0562 e. The molecule has 0 saturated heterocycles. The van der Waals surface area contributed by atoms with Crippen LogP contribution in [0.1, 0.15) is 0 Å². The van der Waals surface area contributed by atoms with Crippen LogP contribution < -0.4 is 4.90 Å². The van der Waals surface area contributed by atoms with Crippen molar-refractivity contribution < 1.29 is 0 Å². The monoisotopic (exact) mass is 738 g/mol. The molecule has 11 rings (SSSR count). The van der Waals surface area contributed by atoms with Crippen LogP contribution in [0.3, 0.4) is 0 Å². The molecular formula is C56H38N2. The lowest BCUT2D eigenvalue weighted by Crippen LogP contribution is -2.13. The first-order valence-electron chi connectivity index (χ1n) is 19.9. The van der Waals surface area contributed by atoms with Crippen molar-refractivity contribution in [3.63, 3.8) is 0 Å². The molecule has 0 aliphatic heterocycles. The van der Waals surface area contributed by atoms with Crippen molar-refractivity contribution in [1.82, 2.24) is 4.57 Å². The maximum atomic E-state index is 2.50. The van der Waals surface area contributed by atoms with E-state index < -0.39 is 0 Å². The van der Waals surface area contributed by atoms with Gasteiger partial charge in [-0.15, -0.1) is 0 Å². The number of rotatable bonds is 7. The van der Waals surface area contributed by atoms with Crippen molar-refractivity contribution in [3.8, 4) is 39.1 Å². The summed E-state index contributed by atoms with van der Waals surface area (Å²) in [5.74, 6) is 0. The number of aromatic nitrogens is 1. The number of nitrogens with zero attached hydrogens (tertiary/aromatic N) is 2. The van der Waals surface area contributed by atoms with E-state index in [-0.39, 0.29) is 0 Å². The normalized spacial score (nSPS) is 11.4. The second-order valence-corrected chi connectivity index (χ2v) is 14.9. The predicted molar refractivity (Wildman–Crippen MR) is 247 cm³/mol. The Kier molecular flexibility index (Phi) is 8.19. The van der Waals surface area contributed by atoms with Gasteiger partial charge >= 0.3 is 0 Å². The van der Waals surface area contributed by atoms with Crippen LogP contribution in [0.25, 0.3) is 82.4 Å². The summed E-state index contributed by atoms with van der Waals surface area (Å²) in [5, 5.41) is 7.33. The summed E-state index contributed by atoms with van der Waals surface area (Å²) in [6.07, 6.45) is 0. The third kappa shape index (κ3) is 5.66. The standard InChI is InChI=1S/C56H38N2/c1-2-19-41(20-3-1)46-23-8-12-27-50(46)57(51-28-13-9-24-47(51)44-35-33-39-17-4-6-21-42(39)37-44)54-31-16-32-55-56(54)49-26-11-15-30-53(49)58(55)52-29-14-10-25-48(52)45-36-34-40-18-5-7-22-43(40)38-45/h1-38H. The first-order valence-corrected chi connectivity index (χ1v) is 19.9. The average molecular weight is 739 g/mol. The molecule has 0 atom stereocenters. The summed E-state index contributed by atoms with van der Waals surface area (Å²) < 4.78 is 2.47. The molecule has 0 unspecified atom stereocenters. The molecule has 10 aromatic carbocycles. The molecule has 0 aliphatic rings. The molecule has 1 heterocycles. The summed E-state index contributed by atoms with van der Waals surface area (Å²) in [5.41, 5.74) is 13.9. The number of anilines is 3. The van der Waals surface area contributed by atoms with Crippen LogP contribution in [-0.4, -0.2) is 4.57 Å². The minimum absolute atomic E-state index is 1.11. The molecular weight excluding hydrogens is 701 g/mol. The van der Waals surface area contributed by atoms with Gasteiger partial charge in [0.05, 0.1) is 33.8 Å². The van der Waals surface area contributed by atoms with Gasteiger partial charge in [0.1, 0.15) is 0 Å². The van der Waals surface area contributed by atoms with E-state index in [2.05, 4.69) is 240 Å². The molecule has 11 aromatic rings. The largest absolute Gasteiger partial charge is 0.309 e.